The number of hydrogen-bond donors (Lipinski definition) is 0. The highest BCUT2D eigenvalue weighted by atomic mass is 19.1. The number of halogens is 3. The summed E-state index contributed by atoms with van der Waals surface area (Å²) in [4.78, 5) is 0. The topological polar surface area (TPSA) is 0 Å². The summed E-state index contributed by atoms with van der Waals surface area (Å²) in [6, 6.07) is 2.67. The molecule has 11 heavy (non-hydrogen) atoms. The number of benzene rings is 1. The molecule has 0 N–H and O–H groups in total. The lowest BCUT2D eigenvalue weighted by molar-refractivity contribution is 0.371. The van der Waals surface area contributed by atoms with Gasteiger partial charge < -0.3 is 0 Å². The zero-order valence-corrected chi connectivity index (χ0v) is 5.94. The highest BCUT2D eigenvalue weighted by Crippen LogP contribution is 2.18. The van der Waals surface area contributed by atoms with Gasteiger partial charge in [-0.05, 0) is 24.6 Å². The second kappa shape index (κ2) is 2.95. The average molecular weight is 160 g/mol. The van der Waals surface area contributed by atoms with Crippen LogP contribution in [-0.2, 0) is 0 Å². The molecule has 0 aliphatic heterocycles. The van der Waals surface area contributed by atoms with Crippen molar-refractivity contribution in [2.45, 2.75) is 13.1 Å². The van der Waals surface area contributed by atoms with E-state index in [2.05, 4.69) is 0 Å². The minimum atomic E-state index is -1.33. The van der Waals surface area contributed by atoms with Crippen molar-refractivity contribution in [3.63, 3.8) is 0 Å². The van der Waals surface area contributed by atoms with Crippen molar-refractivity contribution in [1.29, 1.82) is 0 Å². The molecular formula is C8H7F3. The van der Waals surface area contributed by atoms with Crippen molar-refractivity contribution >= 4 is 0 Å². The maximum atomic E-state index is 12.5. The average Bonchev–Trinajstić information content (AvgIpc) is 1.85. The van der Waals surface area contributed by atoms with Crippen LogP contribution < -0.4 is 0 Å². The molecule has 3 heteroatoms. The summed E-state index contributed by atoms with van der Waals surface area (Å²) in [5.74, 6) is -1.49. The third-order valence-electron chi connectivity index (χ3n) is 1.34. The van der Waals surface area contributed by atoms with Crippen LogP contribution in [-0.4, -0.2) is 0 Å². The second-order valence-electron chi connectivity index (χ2n) is 2.32. The Morgan fingerprint density at radius 3 is 1.91 bits per heavy atom. The fourth-order valence-electron chi connectivity index (χ4n) is 0.805. The van der Waals surface area contributed by atoms with Gasteiger partial charge in [0.25, 0.3) is 0 Å². The van der Waals surface area contributed by atoms with Gasteiger partial charge in [-0.25, -0.2) is 13.2 Å². The highest BCUT2D eigenvalue weighted by Gasteiger charge is 2.05. The first kappa shape index (κ1) is 8.11. The van der Waals surface area contributed by atoms with Crippen molar-refractivity contribution in [1.82, 2.24) is 0 Å². The van der Waals surface area contributed by atoms with Crippen LogP contribution in [0.4, 0.5) is 13.2 Å². The van der Waals surface area contributed by atoms with Crippen LogP contribution in [0.1, 0.15) is 18.7 Å². The molecule has 0 saturated heterocycles. The lowest BCUT2D eigenvalue weighted by Crippen LogP contribution is -1.89. The van der Waals surface area contributed by atoms with E-state index in [1.165, 1.54) is 6.92 Å². The number of hydrogen-bond acceptors (Lipinski definition) is 0. The third kappa shape index (κ3) is 1.97. The van der Waals surface area contributed by atoms with Gasteiger partial charge in [0.2, 0.25) is 0 Å². The Labute approximate surface area is 62.7 Å². The summed E-state index contributed by atoms with van der Waals surface area (Å²) in [7, 11) is 0. The van der Waals surface area contributed by atoms with E-state index in [-0.39, 0.29) is 5.56 Å². The monoisotopic (exact) mass is 160 g/mol. The quantitative estimate of drug-likeness (QED) is 0.592. The van der Waals surface area contributed by atoms with Gasteiger partial charge in [-0.3, -0.25) is 0 Å². The molecule has 0 radical (unpaired) electrons. The van der Waals surface area contributed by atoms with Crippen molar-refractivity contribution in [2.75, 3.05) is 0 Å². The Kier molecular flexibility index (Phi) is 2.17. The van der Waals surface area contributed by atoms with Crippen LogP contribution >= 0.6 is 0 Å². The van der Waals surface area contributed by atoms with Gasteiger partial charge in [-0.2, -0.15) is 0 Å². The van der Waals surface area contributed by atoms with Crippen molar-refractivity contribution < 1.29 is 13.2 Å². The van der Waals surface area contributed by atoms with Gasteiger partial charge in [-0.1, -0.05) is 0 Å². The van der Waals surface area contributed by atoms with Crippen LogP contribution in [0.25, 0.3) is 0 Å². The summed E-state index contributed by atoms with van der Waals surface area (Å²) in [6.45, 7) is 1.23. The van der Waals surface area contributed by atoms with E-state index < -0.39 is 17.8 Å². The second-order valence-corrected chi connectivity index (χ2v) is 2.32. The molecule has 1 unspecified atom stereocenters. The Hall–Kier alpha value is -0.990. The van der Waals surface area contributed by atoms with E-state index in [9.17, 15) is 13.2 Å². The zero-order valence-electron chi connectivity index (χ0n) is 5.94. The standard InChI is InChI=1S/C8H7F3/c1-5(9)6-2-7(10)4-8(11)3-6/h2-5H,1H3. The third-order valence-corrected chi connectivity index (χ3v) is 1.34. The molecular weight excluding hydrogens is 153 g/mol. The predicted molar refractivity (Wildman–Crippen MR) is 35.9 cm³/mol. The van der Waals surface area contributed by atoms with Gasteiger partial charge in [0, 0.05) is 6.07 Å². The molecule has 60 valence electrons. The summed E-state index contributed by atoms with van der Waals surface area (Å²) >= 11 is 0. The predicted octanol–water partition coefficient (Wildman–Crippen LogP) is 3.00. The molecule has 1 aromatic rings. The molecule has 0 saturated carbocycles. The first-order chi connectivity index (χ1) is 5.09. The van der Waals surface area contributed by atoms with Crippen LogP contribution in [0.2, 0.25) is 0 Å². The maximum Gasteiger partial charge on any atom is 0.126 e. The lowest BCUT2D eigenvalue weighted by Gasteiger charge is -2.01. The first-order valence-corrected chi connectivity index (χ1v) is 3.19. The molecule has 0 heterocycles. The minimum absolute atomic E-state index is 0.0301. The van der Waals surface area contributed by atoms with Crippen molar-refractivity contribution in [2.24, 2.45) is 0 Å². The summed E-state index contributed by atoms with van der Waals surface area (Å²) in [5.41, 5.74) is 0.0301. The van der Waals surface area contributed by atoms with Crippen LogP contribution in [0.5, 0.6) is 0 Å². The van der Waals surface area contributed by atoms with Gasteiger partial charge in [0.1, 0.15) is 17.8 Å². The molecule has 1 rings (SSSR count). The molecule has 0 fully saturated rings. The highest BCUT2D eigenvalue weighted by molar-refractivity contribution is 5.19. The fraction of sp³-hybridized carbons (Fsp3) is 0.250. The molecule has 0 spiro atoms. The van der Waals surface area contributed by atoms with Crippen LogP contribution in [0, 0.1) is 11.6 Å². The molecule has 0 bridgehead atoms. The van der Waals surface area contributed by atoms with Gasteiger partial charge in [-0.15, -0.1) is 0 Å². The Morgan fingerprint density at radius 2 is 1.55 bits per heavy atom. The SMILES string of the molecule is CC(F)c1cc(F)cc(F)c1. The minimum Gasteiger partial charge on any atom is -0.243 e. The fourth-order valence-corrected chi connectivity index (χ4v) is 0.805. The number of alkyl halides is 1. The first-order valence-electron chi connectivity index (χ1n) is 3.19. The van der Waals surface area contributed by atoms with E-state index in [4.69, 9.17) is 0 Å². The van der Waals surface area contributed by atoms with Crippen molar-refractivity contribution in [3.05, 3.63) is 35.4 Å². The van der Waals surface area contributed by atoms with Gasteiger partial charge in [0.05, 0.1) is 0 Å². The normalized spacial score (nSPS) is 13.1. The summed E-state index contributed by atoms with van der Waals surface area (Å²) < 4.78 is 37.2. The molecule has 1 atom stereocenters. The number of rotatable bonds is 1. The van der Waals surface area contributed by atoms with E-state index >= 15 is 0 Å². The smallest absolute Gasteiger partial charge is 0.126 e. The lowest BCUT2D eigenvalue weighted by atomic mass is 10.1. The zero-order chi connectivity index (χ0) is 8.43. The molecule has 0 aromatic heterocycles. The van der Waals surface area contributed by atoms with Crippen LogP contribution in [0.3, 0.4) is 0 Å². The van der Waals surface area contributed by atoms with Crippen LogP contribution in [0.15, 0.2) is 18.2 Å². The van der Waals surface area contributed by atoms with E-state index in [0.717, 1.165) is 12.1 Å². The molecule has 0 nitrogen and oxygen atoms in total. The summed E-state index contributed by atoms with van der Waals surface area (Å²) in [6.07, 6.45) is -1.33. The largest absolute Gasteiger partial charge is 0.243 e. The molecule has 0 aliphatic rings. The Bertz CT molecular complexity index is 235. The van der Waals surface area contributed by atoms with Gasteiger partial charge in [0.15, 0.2) is 0 Å². The Morgan fingerprint density at radius 1 is 1.09 bits per heavy atom. The van der Waals surface area contributed by atoms with Crippen molar-refractivity contribution in [3.8, 4) is 0 Å². The van der Waals surface area contributed by atoms with E-state index in [0.29, 0.717) is 6.07 Å². The Balaban J connectivity index is 3.08. The molecule has 0 aliphatic carbocycles. The summed E-state index contributed by atoms with van der Waals surface area (Å²) in [5, 5.41) is 0. The van der Waals surface area contributed by atoms with E-state index in [1.807, 2.05) is 0 Å². The molecule has 1 aromatic carbocycles. The molecule has 0 amide bonds. The van der Waals surface area contributed by atoms with Gasteiger partial charge >= 0.3 is 0 Å². The maximum absolute atomic E-state index is 12.5. The van der Waals surface area contributed by atoms with E-state index in [1.54, 1.807) is 0 Å².